The Morgan fingerprint density at radius 2 is 2.35 bits per heavy atom. The zero-order valence-corrected chi connectivity index (χ0v) is 11.3. The molecule has 0 aliphatic carbocycles. The van der Waals surface area contributed by atoms with Crippen molar-refractivity contribution in [1.29, 1.82) is 0 Å². The molecular formula is C11H20N4OS. The molecule has 1 rings (SSSR count). The van der Waals surface area contributed by atoms with Crippen LogP contribution in [0.4, 0.5) is 0 Å². The second-order valence-electron chi connectivity index (χ2n) is 4.23. The fraction of sp³-hybridized carbons (Fsp3) is 0.636. The Labute approximate surface area is 106 Å². The summed E-state index contributed by atoms with van der Waals surface area (Å²) in [4.78, 5) is 15.4. The van der Waals surface area contributed by atoms with Crippen molar-refractivity contribution in [3.05, 3.63) is 12.4 Å². The molecule has 0 radical (unpaired) electrons. The standard InChI is InChI=1S/C11H20N4OS/c1-8(2)14-9(10(12)16)4-7-17-11-13-5-6-15(11)3/h5-6,8-9,14H,4,7H2,1-3H3,(H2,12,16). The summed E-state index contributed by atoms with van der Waals surface area (Å²) in [6, 6.07) is -0.00608. The van der Waals surface area contributed by atoms with Gasteiger partial charge in [0.25, 0.3) is 0 Å². The Kier molecular flexibility index (Phi) is 5.50. The molecule has 1 atom stereocenters. The van der Waals surface area contributed by atoms with E-state index in [4.69, 9.17) is 5.73 Å². The summed E-state index contributed by atoms with van der Waals surface area (Å²) in [5.74, 6) is 0.525. The number of carbonyl (C=O) groups is 1. The molecule has 0 bridgehead atoms. The van der Waals surface area contributed by atoms with Crippen molar-refractivity contribution < 1.29 is 4.79 Å². The van der Waals surface area contributed by atoms with Gasteiger partial charge in [-0.3, -0.25) is 4.79 Å². The van der Waals surface area contributed by atoms with E-state index in [0.717, 1.165) is 10.9 Å². The van der Waals surface area contributed by atoms with Crippen molar-refractivity contribution in [2.45, 2.75) is 37.5 Å². The van der Waals surface area contributed by atoms with Gasteiger partial charge in [0.15, 0.2) is 5.16 Å². The van der Waals surface area contributed by atoms with Gasteiger partial charge in [-0.05, 0) is 6.42 Å². The van der Waals surface area contributed by atoms with Crippen LogP contribution in [0.2, 0.25) is 0 Å². The lowest BCUT2D eigenvalue weighted by atomic mass is 10.2. The van der Waals surface area contributed by atoms with Gasteiger partial charge in [-0.1, -0.05) is 25.6 Å². The Bertz CT molecular complexity index is 364. The van der Waals surface area contributed by atoms with Gasteiger partial charge in [0.1, 0.15) is 0 Å². The van der Waals surface area contributed by atoms with Crippen LogP contribution in [0.15, 0.2) is 17.6 Å². The van der Waals surface area contributed by atoms with Crippen molar-refractivity contribution in [1.82, 2.24) is 14.9 Å². The molecule has 0 aliphatic rings. The summed E-state index contributed by atoms with van der Waals surface area (Å²) in [6.07, 6.45) is 4.38. The molecule has 0 saturated heterocycles. The first-order valence-corrected chi connectivity index (χ1v) is 6.64. The topological polar surface area (TPSA) is 72.9 Å². The van der Waals surface area contributed by atoms with Crippen LogP contribution in [0.1, 0.15) is 20.3 Å². The second-order valence-corrected chi connectivity index (χ2v) is 5.30. The van der Waals surface area contributed by atoms with E-state index in [2.05, 4.69) is 10.3 Å². The average molecular weight is 256 g/mol. The van der Waals surface area contributed by atoms with Crippen molar-refractivity contribution >= 4 is 17.7 Å². The molecule has 3 N–H and O–H groups in total. The normalized spacial score (nSPS) is 12.9. The number of nitrogens with zero attached hydrogens (tertiary/aromatic N) is 2. The minimum atomic E-state index is -0.292. The van der Waals surface area contributed by atoms with E-state index in [0.29, 0.717) is 6.42 Å². The van der Waals surface area contributed by atoms with Crippen LogP contribution in [0, 0.1) is 0 Å². The number of amides is 1. The predicted molar refractivity (Wildman–Crippen MR) is 69.8 cm³/mol. The fourth-order valence-corrected chi connectivity index (χ4v) is 2.41. The SMILES string of the molecule is CC(C)NC(CCSc1nccn1C)C(N)=O. The van der Waals surface area contributed by atoms with Crippen LogP contribution >= 0.6 is 11.8 Å². The minimum absolute atomic E-state index is 0.255. The number of aromatic nitrogens is 2. The largest absolute Gasteiger partial charge is 0.368 e. The monoisotopic (exact) mass is 256 g/mol. The second kappa shape index (κ2) is 6.66. The highest BCUT2D eigenvalue weighted by Crippen LogP contribution is 2.16. The first-order valence-electron chi connectivity index (χ1n) is 5.66. The van der Waals surface area contributed by atoms with Gasteiger partial charge in [0, 0.05) is 31.2 Å². The molecule has 0 fully saturated rings. The Morgan fingerprint density at radius 1 is 1.65 bits per heavy atom. The van der Waals surface area contributed by atoms with Gasteiger partial charge in [-0.25, -0.2) is 4.98 Å². The Hall–Kier alpha value is -1.01. The number of nitrogens with two attached hydrogens (primary N) is 1. The molecule has 6 heteroatoms. The van der Waals surface area contributed by atoms with Crippen molar-refractivity contribution in [2.24, 2.45) is 12.8 Å². The summed E-state index contributed by atoms with van der Waals surface area (Å²) in [7, 11) is 1.95. The van der Waals surface area contributed by atoms with E-state index in [1.165, 1.54) is 0 Å². The molecule has 96 valence electrons. The van der Waals surface area contributed by atoms with Crippen LogP contribution in [0.25, 0.3) is 0 Å². The number of aryl methyl sites for hydroxylation is 1. The third-order valence-corrected chi connectivity index (χ3v) is 3.38. The summed E-state index contributed by atoms with van der Waals surface area (Å²) in [6.45, 7) is 4.00. The van der Waals surface area contributed by atoms with Gasteiger partial charge in [0.05, 0.1) is 6.04 Å². The Balaban J connectivity index is 2.37. The highest BCUT2D eigenvalue weighted by Gasteiger charge is 2.15. The summed E-state index contributed by atoms with van der Waals surface area (Å²) in [5.41, 5.74) is 5.34. The molecule has 1 amide bonds. The van der Waals surface area contributed by atoms with Gasteiger partial charge < -0.3 is 15.6 Å². The number of imidazole rings is 1. The predicted octanol–water partition coefficient (Wildman–Crippen LogP) is 0.754. The third kappa shape index (κ3) is 4.79. The van der Waals surface area contributed by atoms with Gasteiger partial charge >= 0.3 is 0 Å². The van der Waals surface area contributed by atoms with E-state index in [-0.39, 0.29) is 18.0 Å². The maximum atomic E-state index is 11.2. The first kappa shape index (κ1) is 14.1. The van der Waals surface area contributed by atoms with Crippen LogP contribution in [-0.4, -0.2) is 33.3 Å². The highest BCUT2D eigenvalue weighted by molar-refractivity contribution is 7.99. The average Bonchev–Trinajstić information content (AvgIpc) is 2.62. The van der Waals surface area contributed by atoms with Crippen LogP contribution in [0.3, 0.4) is 0 Å². The molecule has 0 aliphatic heterocycles. The van der Waals surface area contributed by atoms with Crippen molar-refractivity contribution in [2.75, 3.05) is 5.75 Å². The van der Waals surface area contributed by atoms with Gasteiger partial charge in [-0.15, -0.1) is 0 Å². The number of carbonyl (C=O) groups excluding carboxylic acids is 1. The molecule has 1 aromatic heterocycles. The van der Waals surface area contributed by atoms with Crippen LogP contribution < -0.4 is 11.1 Å². The number of hydrogen-bond donors (Lipinski definition) is 2. The Morgan fingerprint density at radius 3 is 2.82 bits per heavy atom. The van der Waals surface area contributed by atoms with E-state index in [9.17, 15) is 4.79 Å². The molecule has 0 aromatic carbocycles. The molecule has 17 heavy (non-hydrogen) atoms. The maximum absolute atomic E-state index is 11.2. The number of rotatable bonds is 7. The molecule has 5 nitrogen and oxygen atoms in total. The maximum Gasteiger partial charge on any atom is 0.234 e. The third-order valence-electron chi connectivity index (χ3n) is 2.29. The summed E-state index contributed by atoms with van der Waals surface area (Å²) in [5, 5.41) is 4.12. The zero-order chi connectivity index (χ0) is 12.8. The number of thioether (sulfide) groups is 1. The smallest absolute Gasteiger partial charge is 0.234 e. The number of nitrogens with one attached hydrogen (secondary N) is 1. The van der Waals surface area contributed by atoms with E-state index in [1.807, 2.05) is 31.7 Å². The van der Waals surface area contributed by atoms with Crippen molar-refractivity contribution in [3.63, 3.8) is 0 Å². The van der Waals surface area contributed by atoms with E-state index < -0.39 is 0 Å². The lowest BCUT2D eigenvalue weighted by Crippen LogP contribution is -2.44. The molecule has 1 aromatic rings. The molecule has 1 heterocycles. The molecule has 0 saturated carbocycles. The highest BCUT2D eigenvalue weighted by atomic mass is 32.2. The molecule has 0 spiro atoms. The van der Waals surface area contributed by atoms with E-state index in [1.54, 1.807) is 18.0 Å². The van der Waals surface area contributed by atoms with Crippen LogP contribution in [0.5, 0.6) is 0 Å². The lowest BCUT2D eigenvalue weighted by molar-refractivity contribution is -0.120. The quantitative estimate of drug-likeness (QED) is 0.706. The molecule has 1 unspecified atom stereocenters. The zero-order valence-electron chi connectivity index (χ0n) is 10.5. The molecular weight excluding hydrogens is 236 g/mol. The van der Waals surface area contributed by atoms with Gasteiger partial charge in [-0.2, -0.15) is 0 Å². The number of primary amides is 1. The summed E-state index contributed by atoms with van der Waals surface area (Å²) >= 11 is 1.63. The van der Waals surface area contributed by atoms with E-state index >= 15 is 0 Å². The first-order chi connectivity index (χ1) is 8.00. The van der Waals surface area contributed by atoms with Crippen LogP contribution in [-0.2, 0) is 11.8 Å². The fourth-order valence-electron chi connectivity index (χ4n) is 1.47. The lowest BCUT2D eigenvalue weighted by Gasteiger charge is -2.17. The van der Waals surface area contributed by atoms with Crippen molar-refractivity contribution in [3.8, 4) is 0 Å². The number of hydrogen-bond acceptors (Lipinski definition) is 4. The summed E-state index contributed by atoms with van der Waals surface area (Å²) < 4.78 is 1.96. The van der Waals surface area contributed by atoms with Gasteiger partial charge in [0.2, 0.25) is 5.91 Å². The minimum Gasteiger partial charge on any atom is -0.368 e.